The zero-order chi connectivity index (χ0) is 19.4. The molecule has 0 atom stereocenters. The van der Waals surface area contributed by atoms with E-state index in [1.165, 1.54) is 0 Å². The minimum atomic E-state index is -4.53. The highest BCUT2D eigenvalue weighted by atomic mass is 19.4. The Bertz CT molecular complexity index is 665. The largest absolute Gasteiger partial charge is 0.435 e. The van der Waals surface area contributed by atoms with Crippen LogP contribution in [0.3, 0.4) is 0 Å². The number of carbonyl (C=O) groups excluding carboxylic acids is 2. The maximum Gasteiger partial charge on any atom is 0.435 e. The van der Waals surface area contributed by atoms with Crippen molar-refractivity contribution < 1.29 is 27.5 Å². The first-order valence-electron chi connectivity index (χ1n) is 8.79. The number of morpholine rings is 1. The highest BCUT2D eigenvalue weighted by molar-refractivity contribution is 5.79. The standard InChI is InChI=1S/C16H22F3N5O3/c17-16(18,19)13-1-2-24(20-13)12-15(26)23-5-3-22(4-6-23)14(25)11-21-7-9-27-10-8-21/h1-2H,3-12H2. The first-order chi connectivity index (χ1) is 12.8. The van der Waals surface area contributed by atoms with Crippen molar-refractivity contribution >= 4 is 11.8 Å². The van der Waals surface area contributed by atoms with Crippen LogP contribution < -0.4 is 0 Å². The Kier molecular flexibility index (Phi) is 6.00. The van der Waals surface area contributed by atoms with E-state index in [2.05, 4.69) is 5.10 Å². The molecule has 3 heterocycles. The number of nitrogens with zero attached hydrogens (tertiary/aromatic N) is 5. The lowest BCUT2D eigenvalue weighted by Crippen LogP contribution is -2.53. The van der Waals surface area contributed by atoms with Gasteiger partial charge >= 0.3 is 6.18 Å². The zero-order valence-corrected chi connectivity index (χ0v) is 14.8. The third-order valence-electron chi connectivity index (χ3n) is 4.68. The van der Waals surface area contributed by atoms with E-state index in [-0.39, 0.29) is 18.4 Å². The second-order valence-corrected chi connectivity index (χ2v) is 6.55. The van der Waals surface area contributed by atoms with Crippen molar-refractivity contribution in [2.45, 2.75) is 12.7 Å². The molecule has 0 N–H and O–H groups in total. The fraction of sp³-hybridized carbons (Fsp3) is 0.688. The number of rotatable bonds is 4. The van der Waals surface area contributed by atoms with E-state index in [0.29, 0.717) is 45.9 Å². The highest BCUT2D eigenvalue weighted by Gasteiger charge is 2.34. The lowest BCUT2D eigenvalue weighted by molar-refractivity contribution is -0.142. The van der Waals surface area contributed by atoms with Crippen LogP contribution in [-0.2, 0) is 27.0 Å². The number of hydrogen-bond acceptors (Lipinski definition) is 5. The molecular formula is C16H22F3N5O3. The average Bonchev–Trinajstić information content (AvgIpc) is 3.11. The summed E-state index contributed by atoms with van der Waals surface area (Å²) >= 11 is 0. The molecule has 8 nitrogen and oxygen atoms in total. The number of amides is 2. The van der Waals surface area contributed by atoms with Crippen LogP contribution in [-0.4, -0.2) is 95.3 Å². The second kappa shape index (κ2) is 8.26. The third kappa shape index (κ3) is 5.19. The first kappa shape index (κ1) is 19.6. The van der Waals surface area contributed by atoms with Crippen LogP contribution in [0.25, 0.3) is 0 Å². The van der Waals surface area contributed by atoms with E-state index in [0.717, 1.165) is 30.0 Å². The van der Waals surface area contributed by atoms with E-state index in [1.807, 2.05) is 4.90 Å². The summed E-state index contributed by atoms with van der Waals surface area (Å²) in [5.41, 5.74) is -1.02. The molecule has 0 unspecified atom stereocenters. The van der Waals surface area contributed by atoms with Gasteiger partial charge in [0.25, 0.3) is 0 Å². The molecule has 2 aliphatic rings. The van der Waals surface area contributed by atoms with Gasteiger partial charge in [0.2, 0.25) is 11.8 Å². The van der Waals surface area contributed by atoms with Gasteiger partial charge in [-0.3, -0.25) is 19.2 Å². The minimum absolute atomic E-state index is 0.0193. The first-order valence-corrected chi connectivity index (χ1v) is 8.79. The molecule has 27 heavy (non-hydrogen) atoms. The summed E-state index contributed by atoms with van der Waals surface area (Å²) in [5.74, 6) is -0.294. The number of ether oxygens (including phenoxy) is 1. The van der Waals surface area contributed by atoms with Gasteiger partial charge in [-0.15, -0.1) is 0 Å². The monoisotopic (exact) mass is 389 g/mol. The topological polar surface area (TPSA) is 70.9 Å². The summed E-state index contributed by atoms with van der Waals surface area (Å²) in [6, 6.07) is 0.843. The van der Waals surface area contributed by atoms with Gasteiger partial charge in [0.1, 0.15) is 6.54 Å². The van der Waals surface area contributed by atoms with Crippen molar-refractivity contribution in [1.82, 2.24) is 24.5 Å². The van der Waals surface area contributed by atoms with Crippen LogP contribution in [0.2, 0.25) is 0 Å². The molecule has 1 aromatic rings. The molecule has 2 amide bonds. The summed E-state index contributed by atoms with van der Waals surface area (Å²) in [4.78, 5) is 29.9. The maximum absolute atomic E-state index is 12.6. The van der Waals surface area contributed by atoms with Crippen LogP contribution in [0.15, 0.2) is 12.3 Å². The van der Waals surface area contributed by atoms with Gasteiger partial charge in [-0.1, -0.05) is 0 Å². The molecule has 0 bridgehead atoms. The van der Waals surface area contributed by atoms with Gasteiger partial charge in [0, 0.05) is 45.5 Å². The molecule has 0 aliphatic carbocycles. The molecule has 0 spiro atoms. The average molecular weight is 389 g/mol. The summed E-state index contributed by atoms with van der Waals surface area (Å²) in [6.07, 6.45) is -3.39. The molecule has 0 aromatic carbocycles. The molecular weight excluding hydrogens is 367 g/mol. The van der Waals surface area contributed by atoms with Crippen molar-refractivity contribution in [3.05, 3.63) is 18.0 Å². The highest BCUT2D eigenvalue weighted by Crippen LogP contribution is 2.27. The van der Waals surface area contributed by atoms with E-state index >= 15 is 0 Å². The number of halogens is 3. The van der Waals surface area contributed by atoms with Gasteiger partial charge in [-0.2, -0.15) is 18.3 Å². The Morgan fingerprint density at radius 2 is 1.52 bits per heavy atom. The molecule has 3 rings (SSSR count). The molecule has 2 fully saturated rings. The molecule has 1 aromatic heterocycles. The summed E-state index contributed by atoms with van der Waals surface area (Å²) in [7, 11) is 0. The molecule has 2 aliphatic heterocycles. The lowest BCUT2D eigenvalue weighted by atomic mass is 10.3. The Labute approximate surface area is 154 Å². The number of piperazine rings is 1. The Morgan fingerprint density at radius 1 is 0.963 bits per heavy atom. The van der Waals surface area contributed by atoms with Crippen molar-refractivity contribution in [3.8, 4) is 0 Å². The minimum Gasteiger partial charge on any atom is -0.379 e. The fourth-order valence-corrected chi connectivity index (χ4v) is 3.10. The smallest absolute Gasteiger partial charge is 0.379 e. The molecule has 0 radical (unpaired) electrons. The van der Waals surface area contributed by atoms with E-state index in [1.54, 1.807) is 9.80 Å². The lowest BCUT2D eigenvalue weighted by Gasteiger charge is -2.36. The summed E-state index contributed by atoms with van der Waals surface area (Å²) < 4.78 is 43.9. The second-order valence-electron chi connectivity index (χ2n) is 6.55. The van der Waals surface area contributed by atoms with Crippen LogP contribution in [0.5, 0.6) is 0 Å². The normalized spacial score (nSPS) is 19.4. The van der Waals surface area contributed by atoms with Gasteiger partial charge in [0.15, 0.2) is 5.69 Å². The van der Waals surface area contributed by atoms with Crippen molar-refractivity contribution in [3.63, 3.8) is 0 Å². The predicted octanol–water partition coefficient (Wildman–Crippen LogP) is -0.0951. The number of alkyl halides is 3. The summed E-state index contributed by atoms with van der Waals surface area (Å²) in [5, 5.41) is 3.39. The van der Waals surface area contributed by atoms with Gasteiger partial charge in [-0.25, -0.2) is 0 Å². The number of aromatic nitrogens is 2. The Balaban J connectivity index is 1.44. The van der Waals surface area contributed by atoms with Crippen LogP contribution in [0.4, 0.5) is 13.2 Å². The van der Waals surface area contributed by atoms with E-state index in [4.69, 9.17) is 4.74 Å². The maximum atomic E-state index is 12.6. The molecule has 150 valence electrons. The molecule has 11 heteroatoms. The molecule has 2 saturated heterocycles. The van der Waals surface area contributed by atoms with Gasteiger partial charge in [0.05, 0.1) is 19.8 Å². The van der Waals surface area contributed by atoms with Crippen LogP contribution in [0.1, 0.15) is 5.69 Å². The van der Waals surface area contributed by atoms with E-state index in [9.17, 15) is 22.8 Å². The predicted molar refractivity (Wildman–Crippen MR) is 87.6 cm³/mol. The van der Waals surface area contributed by atoms with E-state index < -0.39 is 11.9 Å². The quantitative estimate of drug-likeness (QED) is 0.720. The Hall–Kier alpha value is -2.14. The summed E-state index contributed by atoms with van der Waals surface area (Å²) in [6.45, 7) is 4.36. The fourth-order valence-electron chi connectivity index (χ4n) is 3.10. The van der Waals surface area contributed by atoms with Crippen molar-refractivity contribution in [2.24, 2.45) is 0 Å². The number of hydrogen-bond donors (Lipinski definition) is 0. The third-order valence-corrected chi connectivity index (χ3v) is 4.68. The van der Waals surface area contributed by atoms with Crippen LogP contribution >= 0.6 is 0 Å². The van der Waals surface area contributed by atoms with Gasteiger partial charge < -0.3 is 14.5 Å². The SMILES string of the molecule is O=C(CN1CCOCC1)N1CCN(C(=O)Cn2ccc(C(F)(F)F)n2)CC1. The van der Waals surface area contributed by atoms with Gasteiger partial charge in [-0.05, 0) is 6.07 Å². The molecule has 0 saturated carbocycles. The van der Waals surface area contributed by atoms with Crippen molar-refractivity contribution in [1.29, 1.82) is 0 Å². The Morgan fingerprint density at radius 3 is 2.04 bits per heavy atom. The zero-order valence-electron chi connectivity index (χ0n) is 14.8. The van der Waals surface area contributed by atoms with Crippen molar-refractivity contribution in [2.75, 3.05) is 59.0 Å². The number of carbonyl (C=O) groups is 2. The van der Waals surface area contributed by atoms with Crippen LogP contribution in [0, 0.1) is 0 Å².